The van der Waals surface area contributed by atoms with Crippen LogP contribution < -0.4 is 14.8 Å². The van der Waals surface area contributed by atoms with Gasteiger partial charge >= 0.3 is 0 Å². The number of nitrogens with one attached hydrogen (secondary N) is 1. The van der Waals surface area contributed by atoms with E-state index in [2.05, 4.69) is 27.9 Å². The van der Waals surface area contributed by atoms with Gasteiger partial charge in [0.25, 0.3) is 11.1 Å². The minimum absolute atomic E-state index is 0.155. The molecule has 1 heterocycles. The van der Waals surface area contributed by atoms with Gasteiger partial charge in [-0.3, -0.25) is 19.3 Å². The first-order valence-electron chi connectivity index (χ1n) is 9.24. The fourth-order valence-corrected chi connectivity index (χ4v) is 4.61. The highest BCUT2D eigenvalue weighted by atomic mass is 127. The summed E-state index contributed by atoms with van der Waals surface area (Å²) < 4.78 is 25.0. The van der Waals surface area contributed by atoms with Crippen LogP contribution in [0.1, 0.15) is 12.5 Å². The summed E-state index contributed by atoms with van der Waals surface area (Å²) in [5.74, 6) is -0.732. The van der Waals surface area contributed by atoms with E-state index in [1.165, 1.54) is 19.2 Å². The molecule has 1 aliphatic rings. The van der Waals surface area contributed by atoms with Gasteiger partial charge < -0.3 is 14.8 Å². The average Bonchev–Trinajstić information content (AvgIpc) is 2.99. The Balaban J connectivity index is 1.75. The smallest absolute Gasteiger partial charge is 0.294 e. The average molecular weight is 591 g/mol. The van der Waals surface area contributed by atoms with Crippen molar-refractivity contribution in [2.45, 2.75) is 6.92 Å². The van der Waals surface area contributed by atoms with Crippen molar-refractivity contribution in [3.05, 3.63) is 55.2 Å². The Morgan fingerprint density at radius 3 is 2.72 bits per heavy atom. The Hall–Kier alpha value is -2.31. The summed E-state index contributed by atoms with van der Waals surface area (Å²) in [6.07, 6.45) is 1.56. The Kier molecular flexibility index (Phi) is 8.01. The molecule has 1 N–H and O–H groups in total. The maximum atomic E-state index is 13.3. The molecule has 0 bridgehead atoms. The Morgan fingerprint density at radius 2 is 2.06 bits per heavy atom. The lowest BCUT2D eigenvalue weighted by molar-refractivity contribution is -0.127. The fourth-order valence-electron chi connectivity index (χ4n) is 2.81. The number of anilines is 1. The topological polar surface area (TPSA) is 84.9 Å². The number of carbonyl (C=O) groups is 3. The molecule has 2 aromatic rings. The number of ether oxygens (including phenoxy) is 2. The zero-order valence-electron chi connectivity index (χ0n) is 16.9. The van der Waals surface area contributed by atoms with E-state index in [1.54, 1.807) is 18.2 Å². The van der Waals surface area contributed by atoms with Gasteiger partial charge in [-0.25, -0.2) is 4.39 Å². The van der Waals surface area contributed by atoms with Crippen LogP contribution in [0.4, 0.5) is 14.9 Å². The highest BCUT2D eigenvalue weighted by Crippen LogP contribution is 2.37. The molecule has 7 nitrogen and oxygen atoms in total. The van der Waals surface area contributed by atoms with Gasteiger partial charge in [-0.1, -0.05) is 11.6 Å². The van der Waals surface area contributed by atoms with Crippen molar-refractivity contribution in [1.29, 1.82) is 0 Å². The van der Waals surface area contributed by atoms with Crippen molar-refractivity contribution < 1.29 is 28.2 Å². The molecule has 0 spiro atoms. The Labute approximate surface area is 206 Å². The van der Waals surface area contributed by atoms with Gasteiger partial charge in [0, 0.05) is 5.69 Å². The van der Waals surface area contributed by atoms with Crippen LogP contribution in [0.15, 0.2) is 35.2 Å². The molecule has 0 radical (unpaired) electrons. The first kappa shape index (κ1) is 24.3. The first-order chi connectivity index (χ1) is 15.2. The molecule has 32 heavy (non-hydrogen) atoms. The number of amides is 3. The summed E-state index contributed by atoms with van der Waals surface area (Å²) in [6.45, 7) is 1.85. The summed E-state index contributed by atoms with van der Waals surface area (Å²) in [4.78, 5) is 38.4. The Bertz CT molecular complexity index is 1130. The third-order valence-corrected chi connectivity index (χ3v) is 6.22. The molecule has 1 fully saturated rings. The van der Waals surface area contributed by atoms with Crippen LogP contribution in [0.25, 0.3) is 6.08 Å². The van der Waals surface area contributed by atoms with E-state index in [0.717, 1.165) is 26.3 Å². The Morgan fingerprint density at radius 1 is 1.31 bits per heavy atom. The third kappa shape index (κ3) is 5.54. The largest absolute Gasteiger partial charge is 0.493 e. The standard InChI is InChI=1S/C21H17ClFIN2O5S/c1-3-31-19-15(24)6-11(7-16(19)30-2)8-17-20(28)26(21(29)32-17)10-18(27)25-12-4-5-14(23)13(22)9-12/h4-9H,3,10H2,1-2H3,(H,25,27)/b17-8+. The number of benzene rings is 2. The molecule has 0 saturated carbocycles. The fraction of sp³-hybridized carbons (Fsp3) is 0.190. The summed E-state index contributed by atoms with van der Waals surface area (Å²) in [7, 11) is 1.51. The number of carbonyl (C=O) groups excluding carboxylic acids is 3. The second-order valence-electron chi connectivity index (χ2n) is 6.41. The molecule has 3 rings (SSSR count). The van der Waals surface area contributed by atoms with Crippen molar-refractivity contribution in [2.75, 3.05) is 25.6 Å². The summed E-state index contributed by atoms with van der Waals surface area (Å²) in [6, 6.07) is 7.17. The number of thioether (sulfide) groups is 1. The molecule has 1 aliphatic heterocycles. The second kappa shape index (κ2) is 10.5. The monoisotopic (exact) mass is 590 g/mol. The number of methoxy groups -OCH3 is 1. The minimum atomic E-state index is -0.624. The molecule has 0 aliphatic carbocycles. The van der Waals surface area contributed by atoms with Gasteiger partial charge in [-0.15, -0.1) is 0 Å². The minimum Gasteiger partial charge on any atom is -0.493 e. The lowest BCUT2D eigenvalue weighted by atomic mass is 10.2. The molecule has 0 aromatic heterocycles. The van der Waals surface area contributed by atoms with Crippen LogP contribution in [-0.4, -0.2) is 42.2 Å². The van der Waals surface area contributed by atoms with Crippen molar-refractivity contribution in [1.82, 2.24) is 4.90 Å². The number of hydrogen-bond acceptors (Lipinski definition) is 6. The first-order valence-corrected chi connectivity index (χ1v) is 11.5. The van der Waals surface area contributed by atoms with Gasteiger partial charge in [0.15, 0.2) is 11.5 Å². The van der Waals surface area contributed by atoms with E-state index in [0.29, 0.717) is 23.7 Å². The highest BCUT2D eigenvalue weighted by molar-refractivity contribution is 14.1. The number of rotatable bonds is 7. The van der Waals surface area contributed by atoms with Gasteiger partial charge in [-0.05, 0) is 83.2 Å². The van der Waals surface area contributed by atoms with Crippen molar-refractivity contribution in [3.63, 3.8) is 0 Å². The van der Waals surface area contributed by atoms with Crippen LogP contribution in [0.3, 0.4) is 0 Å². The van der Waals surface area contributed by atoms with Crippen molar-refractivity contribution >= 4 is 74.8 Å². The lowest BCUT2D eigenvalue weighted by Gasteiger charge is -2.13. The predicted molar refractivity (Wildman–Crippen MR) is 130 cm³/mol. The number of halogens is 3. The van der Waals surface area contributed by atoms with E-state index < -0.39 is 29.4 Å². The number of nitrogens with zero attached hydrogens (tertiary/aromatic N) is 1. The van der Waals surface area contributed by atoms with Crippen LogP contribution in [-0.2, 0) is 9.59 Å². The predicted octanol–water partition coefficient (Wildman–Crippen LogP) is 5.17. The summed E-state index contributed by atoms with van der Waals surface area (Å²) >= 11 is 8.53. The molecular weight excluding hydrogens is 574 g/mol. The molecule has 0 unspecified atom stereocenters. The van der Waals surface area contributed by atoms with Crippen molar-refractivity contribution in [2.24, 2.45) is 0 Å². The van der Waals surface area contributed by atoms with E-state index in [-0.39, 0.29) is 15.6 Å². The van der Waals surface area contributed by atoms with E-state index in [9.17, 15) is 18.8 Å². The van der Waals surface area contributed by atoms with E-state index in [1.807, 2.05) is 6.92 Å². The molecular formula is C21H17ClFIN2O5S. The summed E-state index contributed by atoms with van der Waals surface area (Å²) in [5.41, 5.74) is 0.894. The number of hydrogen-bond donors (Lipinski definition) is 1. The molecule has 1 saturated heterocycles. The third-order valence-electron chi connectivity index (χ3n) is 4.22. The number of imide groups is 1. The molecule has 0 atom stereocenters. The second-order valence-corrected chi connectivity index (χ2v) is 8.97. The zero-order valence-corrected chi connectivity index (χ0v) is 20.6. The maximum Gasteiger partial charge on any atom is 0.294 e. The van der Waals surface area contributed by atoms with E-state index >= 15 is 0 Å². The molecule has 3 amide bonds. The van der Waals surface area contributed by atoms with Crippen LogP contribution in [0.2, 0.25) is 5.02 Å². The molecule has 11 heteroatoms. The van der Waals surface area contributed by atoms with E-state index in [4.69, 9.17) is 21.1 Å². The van der Waals surface area contributed by atoms with Gasteiger partial charge in [0.05, 0.1) is 27.2 Å². The zero-order chi connectivity index (χ0) is 23.4. The summed E-state index contributed by atoms with van der Waals surface area (Å²) in [5, 5.41) is 1.76. The normalized spacial score (nSPS) is 14.8. The highest BCUT2D eigenvalue weighted by Gasteiger charge is 2.36. The van der Waals surface area contributed by atoms with Crippen LogP contribution in [0.5, 0.6) is 11.5 Å². The molecule has 2 aromatic carbocycles. The SMILES string of the molecule is CCOc1c(I)cc(/C=C2/SC(=O)N(CC(=O)Nc3ccc(F)c(Cl)c3)C2=O)cc1OC. The lowest BCUT2D eigenvalue weighted by Crippen LogP contribution is -2.36. The molecule has 168 valence electrons. The van der Waals surface area contributed by atoms with Crippen LogP contribution >= 0.6 is 46.0 Å². The van der Waals surface area contributed by atoms with Gasteiger partial charge in [0.1, 0.15) is 12.4 Å². The van der Waals surface area contributed by atoms with Gasteiger partial charge in [0.2, 0.25) is 5.91 Å². The maximum absolute atomic E-state index is 13.3. The van der Waals surface area contributed by atoms with Crippen molar-refractivity contribution in [3.8, 4) is 11.5 Å². The van der Waals surface area contributed by atoms with Gasteiger partial charge in [-0.2, -0.15) is 0 Å². The quantitative estimate of drug-likeness (QED) is 0.354. The van der Waals surface area contributed by atoms with Crippen LogP contribution in [0, 0.1) is 9.39 Å².